The number of carboxylic acids is 1. The highest BCUT2D eigenvalue weighted by Crippen LogP contribution is 2.02. The van der Waals surface area contributed by atoms with Crippen molar-refractivity contribution >= 4 is 17.9 Å². The summed E-state index contributed by atoms with van der Waals surface area (Å²) in [5, 5.41) is 14.0. The Balaban J connectivity index is 2.28. The number of aliphatic carboxylic acids is 1. The average molecular weight is 300 g/mol. The van der Waals surface area contributed by atoms with Gasteiger partial charge in [-0.05, 0) is 20.8 Å². The zero-order valence-corrected chi connectivity index (χ0v) is 12.8. The van der Waals surface area contributed by atoms with Crippen molar-refractivity contribution in [2.45, 2.75) is 26.3 Å². The predicted molar refractivity (Wildman–Crippen MR) is 76.9 cm³/mol. The van der Waals surface area contributed by atoms with Crippen LogP contribution in [0.1, 0.15) is 20.8 Å². The monoisotopic (exact) mass is 300 g/mol. The summed E-state index contributed by atoms with van der Waals surface area (Å²) in [5.41, 5.74) is -0.329. The van der Waals surface area contributed by atoms with Gasteiger partial charge in [-0.15, -0.1) is 0 Å². The van der Waals surface area contributed by atoms with E-state index in [9.17, 15) is 14.4 Å². The van der Waals surface area contributed by atoms with Gasteiger partial charge in [-0.25, -0.2) is 4.79 Å². The van der Waals surface area contributed by atoms with Crippen LogP contribution in [-0.2, 0) is 9.59 Å². The smallest absolute Gasteiger partial charge is 0.317 e. The number of carboxylic acid groups (broad SMARTS) is 1. The minimum atomic E-state index is -0.869. The molecule has 0 spiro atoms. The summed E-state index contributed by atoms with van der Waals surface area (Å²) in [6.07, 6.45) is 0. The molecular weight excluding hydrogens is 276 g/mol. The van der Waals surface area contributed by atoms with Crippen LogP contribution in [0, 0.1) is 0 Å². The van der Waals surface area contributed by atoms with Gasteiger partial charge in [0, 0.05) is 31.7 Å². The van der Waals surface area contributed by atoms with E-state index in [1.54, 1.807) is 9.80 Å². The van der Waals surface area contributed by atoms with Crippen LogP contribution in [-0.4, -0.2) is 77.6 Å². The van der Waals surface area contributed by atoms with Crippen LogP contribution in [0.4, 0.5) is 4.79 Å². The predicted octanol–water partition coefficient (Wildman–Crippen LogP) is -0.687. The SMILES string of the molecule is CC(C)(C)NC(=O)CNC(=O)N1CCN(CC(=O)O)CC1. The Morgan fingerprint density at radius 2 is 1.67 bits per heavy atom. The number of rotatable bonds is 4. The molecule has 1 heterocycles. The molecule has 3 amide bonds. The lowest BCUT2D eigenvalue weighted by Gasteiger charge is -2.33. The van der Waals surface area contributed by atoms with E-state index >= 15 is 0 Å². The Hall–Kier alpha value is -1.83. The second-order valence-corrected chi connectivity index (χ2v) is 6.11. The Bertz CT molecular complexity index is 397. The second kappa shape index (κ2) is 7.26. The lowest BCUT2D eigenvalue weighted by Crippen LogP contribution is -2.54. The van der Waals surface area contributed by atoms with Crippen LogP contribution < -0.4 is 10.6 Å². The number of nitrogens with zero attached hydrogens (tertiary/aromatic N) is 2. The highest BCUT2D eigenvalue weighted by molar-refractivity contribution is 5.84. The van der Waals surface area contributed by atoms with Crippen LogP contribution >= 0.6 is 0 Å². The first-order valence-corrected chi connectivity index (χ1v) is 6.95. The van der Waals surface area contributed by atoms with Crippen molar-refractivity contribution < 1.29 is 19.5 Å². The topological polar surface area (TPSA) is 102 Å². The van der Waals surface area contributed by atoms with E-state index in [1.807, 2.05) is 20.8 Å². The third-order valence-electron chi connectivity index (χ3n) is 2.93. The number of amides is 3. The third-order valence-corrected chi connectivity index (χ3v) is 2.93. The Labute approximate surface area is 124 Å². The van der Waals surface area contributed by atoms with Gasteiger partial charge < -0.3 is 20.6 Å². The number of hydrogen-bond donors (Lipinski definition) is 3. The zero-order chi connectivity index (χ0) is 16.0. The van der Waals surface area contributed by atoms with Gasteiger partial charge >= 0.3 is 12.0 Å². The quantitative estimate of drug-likeness (QED) is 0.638. The second-order valence-electron chi connectivity index (χ2n) is 6.11. The van der Waals surface area contributed by atoms with Gasteiger partial charge in [-0.3, -0.25) is 14.5 Å². The number of piperazine rings is 1. The molecule has 8 nitrogen and oxygen atoms in total. The van der Waals surface area contributed by atoms with Crippen LogP contribution in [0.3, 0.4) is 0 Å². The van der Waals surface area contributed by atoms with Crippen LogP contribution in [0.25, 0.3) is 0 Å². The molecule has 21 heavy (non-hydrogen) atoms. The van der Waals surface area contributed by atoms with Crippen LogP contribution in [0.15, 0.2) is 0 Å². The zero-order valence-electron chi connectivity index (χ0n) is 12.8. The molecule has 0 radical (unpaired) electrons. The van der Waals surface area contributed by atoms with Gasteiger partial charge in [-0.2, -0.15) is 0 Å². The fourth-order valence-electron chi connectivity index (χ4n) is 2.03. The summed E-state index contributed by atoms with van der Waals surface area (Å²) < 4.78 is 0. The molecule has 1 fully saturated rings. The van der Waals surface area contributed by atoms with Crippen molar-refractivity contribution in [3.63, 3.8) is 0 Å². The molecule has 0 aliphatic carbocycles. The van der Waals surface area contributed by atoms with Gasteiger partial charge in [0.05, 0.1) is 13.1 Å². The molecule has 0 saturated carbocycles. The number of nitrogens with one attached hydrogen (secondary N) is 2. The molecule has 1 aliphatic rings. The summed E-state index contributed by atoms with van der Waals surface area (Å²) >= 11 is 0. The fraction of sp³-hybridized carbons (Fsp3) is 0.769. The summed E-state index contributed by atoms with van der Waals surface area (Å²) in [5.74, 6) is -1.10. The third kappa shape index (κ3) is 6.94. The molecular formula is C13H24N4O4. The standard InChI is InChI=1S/C13H24N4O4/c1-13(2,3)15-10(18)8-14-12(21)17-6-4-16(5-7-17)9-11(19)20/h4-9H2,1-3H3,(H,14,21)(H,15,18)(H,19,20). The van der Waals surface area contributed by atoms with Crippen molar-refractivity contribution in [3.8, 4) is 0 Å². The van der Waals surface area contributed by atoms with Gasteiger partial charge in [0.2, 0.25) is 5.91 Å². The molecule has 1 saturated heterocycles. The summed E-state index contributed by atoms with van der Waals surface area (Å²) in [4.78, 5) is 37.5. The van der Waals surface area contributed by atoms with Crippen molar-refractivity contribution in [2.75, 3.05) is 39.3 Å². The van der Waals surface area contributed by atoms with Crippen LogP contribution in [0.2, 0.25) is 0 Å². The van der Waals surface area contributed by atoms with Crippen molar-refractivity contribution in [3.05, 3.63) is 0 Å². The van der Waals surface area contributed by atoms with Gasteiger partial charge in [0.25, 0.3) is 0 Å². The number of hydrogen-bond acceptors (Lipinski definition) is 4. The van der Waals surface area contributed by atoms with Crippen molar-refractivity contribution in [2.24, 2.45) is 0 Å². The summed E-state index contributed by atoms with van der Waals surface area (Å²) in [6, 6.07) is -0.297. The Morgan fingerprint density at radius 3 is 2.14 bits per heavy atom. The largest absolute Gasteiger partial charge is 0.480 e. The van der Waals surface area contributed by atoms with E-state index in [0.29, 0.717) is 26.2 Å². The minimum Gasteiger partial charge on any atom is -0.480 e. The van der Waals surface area contributed by atoms with Crippen molar-refractivity contribution in [1.29, 1.82) is 0 Å². The van der Waals surface area contributed by atoms with Crippen LogP contribution in [0.5, 0.6) is 0 Å². The maximum absolute atomic E-state index is 11.9. The Kier molecular flexibility index (Phi) is 5.95. The highest BCUT2D eigenvalue weighted by Gasteiger charge is 2.22. The normalized spacial score (nSPS) is 16.4. The maximum Gasteiger partial charge on any atom is 0.317 e. The lowest BCUT2D eigenvalue weighted by molar-refractivity contribution is -0.138. The number of urea groups is 1. The lowest BCUT2D eigenvalue weighted by atomic mass is 10.1. The molecule has 0 atom stereocenters. The first-order chi connectivity index (χ1) is 9.67. The van der Waals surface area contributed by atoms with E-state index in [2.05, 4.69) is 10.6 Å². The first-order valence-electron chi connectivity index (χ1n) is 6.95. The molecule has 120 valence electrons. The van der Waals surface area contributed by atoms with E-state index in [4.69, 9.17) is 5.11 Å². The van der Waals surface area contributed by atoms with E-state index < -0.39 is 5.97 Å². The Morgan fingerprint density at radius 1 is 1.10 bits per heavy atom. The first kappa shape index (κ1) is 17.2. The van der Waals surface area contributed by atoms with Gasteiger partial charge in [-0.1, -0.05) is 0 Å². The fourth-order valence-corrected chi connectivity index (χ4v) is 2.03. The molecule has 0 aromatic carbocycles. The molecule has 0 unspecified atom stereocenters. The molecule has 8 heteroatoms. The molecule has 0 aromatic rings. The number of carbonyl (C=O) groups is 3. The summed E-state index contributed by atoms with van der Waals surface area (Å²) in [7, 11) is 0. The van der Waals surface area contributed by atoms with E-state index in [1.165, 1.54) is 0 Å². The van der Waals surface area contributed by atoms with Gasteiger partial charge in [0.1, 0.15) is 0 Å². The van der Waals surface area contributed by atoms with E-state index in [-0.39, 0.29) is 30.6 Å². The van der Waals surface area contributed by atoms with E-state index in [0.717, 1.165) is 0 Å². The molecule has 0 bridgehead atoms. The van der Waals surface area contributed by atoms with Gasteiger partial charge in [0.15, 0.2) is 0 Å². The highest BCUT2D eigenvalue weighted by atomic mass is 16.4. The molecule has 3 N–H and O–H groups in total. The number of carbonyl (C=O) groups excluding carboxylic acids is 2. The minimum absolute atomic E-state index is 0.0105. The molecule has 1 rings (SSSR count). The van der Waals surface area contributed by atoms with Crippen molar-refractivity contribution in [1.82, 2.24) is 20.4 Å². The average Bonchev–Trinajstić information content (AvgIpc) is 2.34. The molecule has 1 aliphatic heterocycles. The summed E-state index contributed by atoms with van der Waals surface area (Å²) in [6.45, 7) is 7.49. The molecule has 0 aromatic heterocycles. The maximum atomic E-state index is 11.9.